The zero-order valence-electron chi connectivity index (χ0n) is 20.5. The number of carbonyl (C=O) groups excluding carboxylic acids is 1. The lowest BCUT2D eigenvalue weighted by atomic mass is 9.98. The number of carbonyl (C=O) groups is 1. The largest absolute Gasteiger partial charge is 0.494 e. The van der Waals surface area contributed by atoms with E-state index in [0.717, 1.165) is 29.7 Å². The molecule has 2 heterocycles. The van der Waals surface area contributed by atoms with Crippen LogP contribution in [0.2, 0.25) is 10.0 Å². The predicted molar refractivity (Wildman–Crippen MR) is 147 cm³/mol. The Bertz CT molecular complexity index is 1500. The molecule has 1 aromatic heterocycles. The summed E-state index contributed by atoms with van der Waals surface area (Å²) in [5, 5.41) is 1.32. The molecule has 4 aromatic rings. The molecule has 0 bridgehead atoms. The van der Waals surface area contributed by atoms with Crippen molar-refractivity contribution in [2.75, 3.05) is 6.61 Å². The van der Waals surface area contributed by atoms with Gasteiger partial charge < -0.3 is 14.1 Å². The summed E-state index contributed by atoms with van der Waals surface area (Å²) in [5.41, 5.74) is 1.93. The van der Waals surface area contributed by atoms with E-state index in [9.17, 15) is 9.59 Å². The molecule has 0 N–H and O–H groups in total. The Kier molecular flexibility index (Phi) is 7.54. The van der Waals surface area contributed by atoms with Gasteiger partial charge >= 0.3 is 0 Å². The lowest BCUT2D eigenvalue weighted by Gasteiger charge is -2.25. The number of halogens is 2. The number of rotatable bonds is 9. The average Bonchev–Trinajstić information content (AvgIpc) is 3.17. The van der Waals surface area contributed by atoms with Crippen LogP contribution < -0.4 is 10.2 Å². The Morgan fingerprint density at radius 1 is 0.946 bits per heavy atom. The van der Waals surface area contributed by atoms with Crippen LogP contribution in [0.25, 0.3) is 11.0 Å². The van der Waals surface area contributed by atoms with Crippen molar-refractivity contribution in [2.45, 2.75) is 45.2 Å². The van der Waals surface area contributed by atoms with E-state index in [2.05, 4.69) is 6.92 Å². The van der Waals surface area contributed by atoms with Crippen molar-refractivity contribution in [3.05, 3.63) is 109 Å². The Hall–Kier alpha value is -3.28. The fraction of sp³-hybridized carbons (Fsp3) is 0.267. The lowest BCUT2D eigenvalue weighted by molar-refractivity contribution is 0.0714. The van der Waals surface area contributed by atoms with Gasteiger partial charge in [-0.05, 0) is 53.9 Å². The van der Waals surface area contributed by atoms with E-state index in [-0.39, 0.29) is 23.6 Å². The van der Waals surface area contributed by atoms with Crippen LogP contribution in [0, 0.1) is 0 Å². The molecule has 0 saturated heterocycles. The first-order valence-corrected chi connectivity index (χ1v) is 13.3. The third kappa shape index (κ3) is 5.11. The van der Waals surface area contributed by atoms with Crippen molar-refractivity contribution >= 4 is 40.1 Å². The highest BCUT2D eigenvalue weighted by atomic mass is 35.5. The average molecular weight is 536 g/mol. The molecular weight excluding hydrogens is 509 g/mol. The highest BCUT2D eigenvalue weighted by Gasteiger charge is 2.42. The van der Waals surface area contributed by atoms with E-state index in [4.69, 9.17) is 32.4 Å². The van der Waals surface area contributed by atoms with Gasteiger partial charge in [0.05, 0.1) is 23.6 Å². The van der Waals surface area contributed by atoms with E-state index < -0.39 is 6.04 Å². The van der Waals surface area contributed by atoms with E-state index in [1.165, 1.54) is 12.8 Å². The molecule has 1 aliphatic heterocycles. The Labute approximate surface area is 225 Å². The van der Waals surface area contributed by atoms with Gasteiger partial charge in [-0.2, -0.15) is 0 Å². The molecule has 1 unspecified atom stereocenters. The van der Waals surface area contributed by atoms with E-state index in [0.29, 0.717) is 33.2 Å². The molecule has 1 aliphatic rings. The highest BCUT2D eigenvalue weighted by molar-refractivity contribution is 6.31. The second-order valence-corrected chi connectivity index (χ2v) is 10.1. The maximum absolute atomic E-state index is 13.7. The summed E-state index contributed by atoms with van der Waals surface area (Å²) < 4.78 is 11.9. The van der Waals surface area contributed by atoms with Gasteiger partial charge in [-0.15, -0.1) is 0 Å². The topological polar surface area (TPSA) is 59.8 Å². The second-order valence-electron chi connectivity index (χ2n) is 9.22. The molecule has 0 aliphatic carbocycles. The summed E-state index contributed by atoms with van der Waals surface area (Å²) >= 11 is 12.6. The van der Waals surface area contributed by atoms with Gasteiger partial charge in [0.2, 0.25) is 5.76 Å². The van der Waals surface area contributed by atoms with Crippen LogP contribution >= 0.6 is 23.2 Å². The number of fused-ring (bicyclic) bond motifs is 2. The van der Waals surface area contributed by atoms with Crippen molar-refractivity contribution in [2.24, 2.45) is 0 Å². The van der Waals surface area contributed by atoms with Gasteiger partial charge in [0, 0.05) is 16.6 Å². The molecule has 5 rings (SSSR count). The number of hydrogen-bond donors (Lipinski definition) is 0. The zero-order chi connectivity index (χ0) is 25.9. The molecule has 0 saturated carbocycles. The first kappa shape index (κ1) is 25.4. The highest BCUT2D eigenvalue weighted by Crippen LogP contribution is 2.40. The SMILES string of the molecule is CCCCCCOc1ccc(C2c3c(oc4ccc(Cl)cc4c3=O)C(=O)N2Cc2ccccc2Cl)cc1. The Balaban J connectivity index is 1.54. The van der Waals surface area contributed by atoms with E-state index >= 15 is 0 Å². The molecule has 37 heavy (non-hydrogen) atoms. The van der Waals surface area contributed by atoms with Crippen LogP contribution in [0.4, 0.5) is 0 Å². The summed E-state index contributed by atoms with van der Waals surface area (Å²) in [4.78, 5) is 29.0. The van der Waals surface area contributed by atoms with Gasteiger partial charge in [0.15, 0.2) is 5.43 Å². The number of unbranched alkanes of at least 4 members (excludes halogenated alkanes) is 3. The molecule has 5 nitrogen and oxygen atoms in total. The van der Waals surface area contributed by atoms with Crippen molar-refractivity contribution in [1.29, 1.82) is 0 Å². The fourth-order valence-electron chi connectivity index (χ4n) is 4.78. The number of ether oxygens (including phenoxy) is 1. The smallest absolute Gasteiger partial charge is 0.291 e. The third-order valence-electron chi connectivity index (χ3n) is 6.69. The first-order chi connectivity index (χ1) is 18.0. The van der Waals surface area contributed by atoms with Crippen LogP contribution in [0.15, 0.2) is 75.9 Å². The summed E-state index contributed by atoms with van der Waals surface area (Å²) in [7, 11) is 0. The molecule has 0 fully saturated rings. The minimum Gasteiger partial charge on any atom is -0.494 e. The predicted octanol–water partition coefficient (Wildman–Crippen LogP) is 7.80. The molecule has 190 valence electrons. The van der Waals surface area contributed by atoms with Gasteiger partial charge in [-0.3, -0.25) is 9.59 Å². The summed E-state index contributed by atoms with van der Waals surface area (Å²) in [6, 6.07) is 19.1. The zero-order valence-corrected chi connectivity index (χ0v) is 22.0. The Morgan fingerprint density at radius 3 is 2.49 bits per heavy atom. The molecule has 3 aromatic carbocycles. The van der Waals surface area contributed by atoms with Crippen molar-refractivity contribution in [3.8, 4) is 5.75 Å². The normalized spacial score (nSPS) is 14.8. The first-order valence-electron chi connectivity index (χ1n) is 12.5. The second kappa shape index (κ2) is 11.0. The van der Waals surface area contributed by atoms with E-state index in [1.54, 1.807) is 29.2 Å². The maximum atomic E-state index is 13.7. The Morgan fingerprint density at radius 2 is 1.73 bits per heavy atom. The number of amides is 1. The molecule has 7 heteroatoms. The van der Waals surface area contributed by atoms with E-state index in [1.807, 2.05) is 42.5 Å². The van der Waals surface area contributed by atoms with Crippen LogP contribution in [0.1, 0.15) is 65.9 Å². The van der Waals surface area contributed by atoms with Crippen molar-refractivity contribution < 1.29 is 13.9 Å². The number of benzene rings is 3. The van der Waals surface area contributed by atoms with Gasteiger partial charge in [0.1, 0.15) is 11.3 Å². The van der Waals surface area contributed by atoms with Crippen LogP contribution in [0.3, 0.4) is 0 Å². The van der Waals surface area contributed by atoms with Gasteiger partial charge in [-0.25, -0.2) is 0 Å². The van der Waals surface area contributed by atoms with Crippen LogP contribution in [-0.2, 0) is 6.54 Å². The molecule has 0 radical (unpaired) electrons. The standard InChI is InChI=1S/C30H27Cl2NO4/c1-2-3-4-7-16-36-22-13-10-19(11-14-22)27-26-28(34)23-17-21(31)12-15-25(23)37-29(26)30(35)33(27)18-20-8-5-6-9-24(20)32/h5-6,8-15,17,27H,2-4,7,16,18H2,1H3. The third-order valence-corrected chi connectivity index (χ3v) is 7.29. The van der Waals surface area contributed by atoms with Crippen LogP contribution in [0.5, 0.6) is 5.75 Å². The van der Waals surface area contributed by atoms with Gasteiger partial charge in [0.25, 0.3) is 5.91 Å². The maximum Gasteiger partial charge on any atom is 0.291 e. The lowest BCUT2D eigenvalue weighted by Crippen LogP contribution is -2.29. The summed E-state index contributed by atoms with van der Waals surface area (Å²) in [5.74, 6) is 0.443. The number of hydrogen-bond acceptors (Lipinski definition) is 4. The quantitative estimate of drug-likeness (QED) is 0.205. The van der Waals surface area contributed by atoms with Crippen LogP contribution in [-0.4, -0.2) is 17.4 Å². The monoisotopic (exact) mass is 535 g/mol. The van der Waals surface area contributed by atoms with Crippen molar-refractivity contribution in [1.82, 2.24) is 4.90 Å². The summed E-state index contributed by atoms with van der Waals surface area (Å²) in [6.45, 7) is 3.05. The summed E-state index contributed by atoms with van der Waals surface area (Å²) in [6.07, 6.45) is 4.51. The molecule has 0 spiro atoms. The van der Waals surface area contributed by atoms with Gasteiger partial charge in [-0.1, -0.05) is 79.7 Å². The molecule has 1 atom stereocenters. The van der Waals surface area contributed by atoms with Crippen molar-refractivity contribution in [3.63, 3.8) is 0 Å². The molecular formula is C30H27Cl2NO4. The number of nitrogens with zero attached hydrogens (tertiary/aromatic N) is 1. The fourth-order valence-corrected chi connectivity index (χ4v) is 5.15. The minimum atomic E-state index is -0.642. The molecule has 1 amide bonds. The minimum absolute atomic E-state index is 0.0492.